The summed E-state index contributed by atoms with van der Waals surface area (Å²) in [6.07, 6.45) is 1.79. The van der Waals surface area contributed by atoms with Crippen LogP contribution in [0, 0.1) is 0 Å². The lowest BCUT2D eigenvalue weighted by atomic mass is 10.1. The van der Waals surface area contributed by atoms with Crippen molar-refractivity contribution < 1.29 is 19.1 Å². The van der Waals surface area contributed by atoms with E-state index in [2.05, 4.69) is 34.2 Å². The molecule has 0 aliphatic carbocycles. The summed E-state index contributed by atoms with van der Waals surface area (Å²) in [5.74, 6) is -0.0774. The van der Waals surface area contributed by atoms with Gasteiger partial charge in [-0.05, 0) is 62.7 Å². The van der Waals surface area contributed by atoms with E-state index >= 15 is 0 Å². The Kier molecular flexibility index (Phi) is 9.84. The van der Waals surface area contributed by atoms with Crippen molar-refractivity contribution in [3.63, 3.8) is 0 Å². The number of para-hydroxylation sites is 1. The molecule has 1 fully saturated rings. The molecule has 0 bridgehead atoms. The van der Waals surface area contributed by atoms with E-state index in [4.69, 9.17) is 4.74 Å². The van der Waals surface area contributed by atoms with Gasteiger partial charge in [-0.1, -0.05) is 38.5 Å². The first-order valence-electron chi connectivity index (χ1n) is 15.6. The van der Waals surface area contributed by atoms with Gasteiger partial charge in [0, 0.05) is 55.2 Å². The van der Waals surface area contributed by atoms with Crippen LogP contribution in [-0.2, 0) is 24.2 Å². The van der Waals surface area contributed by atoms with Crippen molar-refractivity contribution in [1.82, 2.24) is 19.6 Å². The summed E-state index contributed by atoms with van der Waals surface area (Å²) >= 11 is 0. The van der Waals surface area contributed by atoms with Crippen LogP contribution < -0.4 is 15.1 Å². The Morgan fingerprint density at radius 1 is 0.955 bits per heavy atom. The highest BCUT2D eigenvalue weighted by Gasteiger charge is 2.36. The second-order valence-corrected chi connectivity index (χ2v) is 11.3. The Balaban J connectivity index is 1.36. The lowest BCUT2D eigenvalue weighted by Crippen LogP contribution is -2.44. The molecule has 0 spiro atoms. The zero-order valence-corrected chi connectivity index (χ0v) is 26.2. The predicted molar refractivity (Wildman–Crippen MR) is 171 cm³/mol. The second kappa shape index (κ2) is 13.9. The number of anilines is 3. The minimum absolute atomic E-state index is 0.171. The van der Waals surface area contributed by atoms with E-state index in [1.165, 1.54) is 4.68 Å². The summed E-state index contributed by atoms with van der Waals surface area (Å²) in [4.78, 5) is 48.3. The minimum Gasteiger partial charge on any atom is -0.448 e. The van der Waals surface area contributed by atoms with Crippen LogP contribution in [0.2, 0.25) is 0 Å². The molecule has 2 aliphatic heterocycles. The van der Waals surface area contributed by atoms with E-state index in [0.717, 1.165) is 62.4 Å². The smallest absolute Gasteiger partial charge is 0.435 e. The van der Waals surface area contributed by atoms with Gasteiger partial charge in [0.1, 0.15) is 0 Å². The average Bonchev–Trinajstić information content (AvgIpc) is 3.62. The molecule has 11 heteroatoms. The van der Waals surface area contributed by atoms with Crippen molar-refractivity contribution in [2.24, 2.45) is 0 Å². The fourth-order valence-electron chi connectivity index (χ4n) is 5.71. The summed E-state index contributed by atoms with van der Waals surface area (Å²) in [6, 6.07) is 15.2. The molecule has 5 rings (SSSR count). The fraction of sp³-hybridized carbons (Fsp3) is 0.455. The Morgan fingerprint density at radius 2 is 1.68 bits per heavy atom. The molecule has 1 aromatic heterocycles. The first-order valence-corrected chi connectivity index (χ1v) is 15.6. The lowest BCUT2D eigenvalue weighted by molar-refractivity contribution is 0.102. The molecule has 234 valence electrons. The van der Waals surface area contributed by atoms with Crippen molar-refractivity contribution >= 4 is 35.2 Å². The first kappa shape index (κ1) is 31.1. The molecule has 0 radical (unpaired) electrons. The van der Waals surface area contributed by atoms with E-state index < -0.39 is 6.09 Å². The van der Waals surface area contributed by atoms with Crippen LogP contribution in [0.4, 0.5) is 26.8 Å². The lowest BCUT2D eigenvalue weighted by Gasteiger charge is -2.34. The highest BCUT2D eigenvalue weighted by atomic mass is 16.6. The van der Waals surface area contributed by atoms with Crippen molar-refractivity contribution in [1.29, 1.82) is 0 Å². The molecule has 0 atom stereocenters. The van der Waals surface area contributed by atoms with Crippen LogP contribution in [-0.4, -0.2) is 84.0 Å². The number of carbonyl (C=O) groups excluding carboxylic acids is 3. The number of aryl methyl sites for hydroxylation is 1. The quantitative estimate of drug-likeness (QED) is 0.337. The zero-order chi connectivity index (χ0) is 31.2. The third kappa shape index (κ3) is 6.57. The molecule has 2 aliphatic rings. The number of rotatable bonds is 9. The molecule has 1 N–H and O–H groups in total. The van der Waals surface area contributed by atoms with E-state index in [1.54, 1.807) is 21.9 Å². The number of aromatic nitrogens is 2. The summed E-state index contributed by atoms with van der Waals surface area (Å²) in [5, 5.41) is 7.37. The Bertz CT molecular complexity index is 1480. The normalized spacial score (nSPS) is 14.8. The third-order valence-electron chi connectivity index (χ3n) is 8.39. The van der Waals surface area contributed by atoms with Gasteiger partial charge in [-0.3, -0.25) is 9.69 Å². The number of benzene rings is 2. The number of unbranched alkanes of at least 4 members (excludes halogenated alkanes) is 1. The Hall–Kier alpha value is -4.38. The molecular formula is C33H43N7O4. The van der Waals surface area contributed by atoms with Gasteiger partial charge in [-0.15, -0.1) is 5.10 Å². The Morgan fingerprint density at radius 3 is 2.36 bits per heavy atom. The van der Waals surface area contributed by atoms with Crippen molar-refractivity contribution in [3.05, 3.63) is 70.9 Å². The number of amides is 3. The van der Waals surface area contributed by atoms with E-state index in [9.17, 15) is 14.4 Å². The van der Waals surface area contributed by atoms with Crippen LogP contribution >= 0.6 is 0 Å². The molecule has 0 saturated carbocycles. The molecule has 0 unspecified atom stereocenters. The van der Waals surface area contributed by atoms with E-state index in [0.29, 0.717) is 23.4 Å². The van der Waals surface area contributed by atoms with Crippen LogP contribution in [0.5, 0.6) is 0 Å². The fourth-order valence-corrected chi connectivity index (χ4v) is 5.71. The molecule has 3 amide bonds. The minimum atomic E-state index is -0.621. The van der Waals surface area contributed by atoms with Crippen molar-refractivity contribution in [3.8, 4) is 0 Å². The van der Waals surface area contributed by atoms with E-state index in [1.807, 2.05) is 50.2 Å². The van der Waals surface area contributed by atoms with Gasteiger partial charge in [0.2, 0.25) is 0 Å². The first-order chi connectivity index (χ1) is 21.3. The topological polar surface area (TPSA) is 103 Å². The largest absolute Gasteiger partial charge is 0.448 e. The van der Waals surface area contributed by atoms with Crippen LogP contribution in [0.3, 0.4) is 0 Å². The monoisotopic (exact) mass is 601 g/mol. The van der Waals surface area contributed by atoms with Gasteiger partial charge in [-0.2, -0.15) is 4.68 Å². The van der Waals surface area contributed by atoms with Gasteiger partial charge in [0.05, 0.1) is 25.4 Å². The second-order valence-electron chi connectivity index (χ2n) is 11.3. The SMILES string of the molecule is CCCCOC(=O)n1nc(NC(=O)c2ccc(N3CCN(C)CC3)cc2)c2c1CN(C(=O)N(CC)c1ccccc1CC)C2. The number of likely N-dealkylation sites (N-methyl/N-ethyl adjacent to an activating group) is 1. The molecular weight excluding hydrogens is 558 g/mol. The summed E-state index contributed by atoms with van der Waals surface area (Å²) in [6.45, 7) is 11.0. The van der Waals surface area contributed by atoms with Gasteiger partial charge < -0.3 is 24.8 Å². The number of urea groups is 1. The number of nitrogens with zero attached hydrogens (tertiary/aromatic N) is 6. The third-order valence-corrected chi connectivity index (χ3v) is 8.39. The zero-order valence-electron chi connectivity index (χ0n) is 26.2. The van der Waals surface area contributed by atoms with Gasteiger partial charge in [-0.25, -0.2) is 9.59 Å². The number of hydrogen-bond donors (Lipinski definition) is 1. The van der Waals surface area contributed by atoms with Crippen molar-refractivity contribution in [2.75, 3.05) is 61.5 Å². The van der Waals surface area contributed by atoms with Gasteiger partial charge >= 0.3 is 12.1 Å². The highest BCUT2D eigenvalue weighted by Crippen LogP contribution is 2.32. The molecule has 3 heterocycles. The highest BCUT2D eigenvalue weighted by molar-refractivity contribution is 6.04. The Labute approximate surface area is 259 Å². The summed E-state index contributed by atoms with van der Waals surface area (Å²) in [7, 11) is 2.12. The summed E-state index contributed by atoms with van der Waals surface area (Å²) in [5.41, 5.74) is 4.68. The predicted octanol–water partition coefficient (Wildman–Crippen LogP) is 5.20. The number of ether oxygens (including phenoxy) is 1. The maximum atomic E-state index is 13.9. The summed E-state index contributed by atoms with van der Waals surface area (Å²) < 4.78 is 6.66. The van der Waals surface area contributed by atoms with E-state index in [-0.39, 0.29) is 37.5 Å². The standard InChI is InChI=1S/C33H43N7O4/c1-5-8-21-44-33(43)40-29-23-38(32(42)39(7-3)28-12-10-9-11-24(28)6-2)22-27(29)30(35-40)34-31(41)25-13-15-26(16-14-25)37-19-17-36(4)18-20-37/h9-16H,5-8,17-23H2,1-4H3,(H,34,35,41). The van der Waals surface area contributed by atoms with Gasteiger partial charge in [0.25, 0.3) is 5.91 Å². The average molecular weight is 602 g/mol. The maximum Gasteiger partial charge on any atom is 0.435 e. The molecule has 44 heavy (non-hydrogen) atoms. The number of nitrogens with one attached hydrogen (secondary N) is 1. The van der Waals surface area contributed by atoms with Crippen LogP contribution in [0.15, 0.2) is 48.5 Å². The van der Waals surface area contributed by atoms with Crippen LogP contribution in [0.1, 0.15) is 60.8 Å². The maximum absolute atomic E-state index is 13.9. The number of piperazine rings is 1. The van der Waals surface area contributed by atoms with Crippen molar-refractivity contribution in [2.45, 2.75) is 53.1 Å². The number of carbonyl (C=O) groups is 3. The molecule has 1 saturated heterocycles. The molecule has 3 aromatic rings. The van der Waals surface area contributed by atoms with Gasteiger partial charge in [0.15, 0.2) is 5.82 Å². The molecule has 2 aromatic carbocycles. The van der Waals surface area contributed by atoms with Crippen LogP contribution in [0.25, 0.3) is 0 Å². The molecule has 11 nitrogen and oxygen atoms in total. The number of fused-ring (bicyclic) bond motifs is 1. The number of hydrogen-bond acceptors (Lipinski definition) is 7.